The third-order valence-corrected chi connectivity index (χ3v) is 6.61. The van der Waals surface area contributed by atoms with Crippen LogP contribution in [0.2, 0.25) is 5.02 Å². The van der Waals surface area contributed by atoms with E-state index in [-0.39, 0.29) is 23.0 Å². The van der Waals surface area contributed by atoms with Crippen LogP contribution in [-0.4, -0.2) is 71.8 Å². The molecule has 0 radical (unpaired) electrons. The lowest BCUT2D eigenvalue weighted by Gasteiger charge is -2.17. The second kappa shape index (κ2) is 11.0. The average molecular weight is 550 g/mol. The molecule has 0 bridgehead atoms. The Labute approximate surface area is 209 Å². The highest BCUT2D eigenvalue weighted by molar-refractivity contribution is 7.90. The fourth-order valence-electron chi connectivity index (χ4n) is 3.23. The number of halogens is 4. The lowest BCUT2D eigenvalue weighted by molar-refractivity contribution is -0.146. The van der Waals surface area contributed by atoms with Crippen LogP contribution in [-0.2, 0) is 32.1 Å². The first-order chi connectivity index (χ1) is 16.8. The number of carbonyl (C=O) groups is 1. The molecular weight excluding hydrogens is 527 g/mol. The molecule has 36 heavy (non-hydrogen) atoms. The van der Waals surface area contributed by atoms with Gasteiger partial charge in [-0.05, 0) is 31.3 Å². The van der Waals surface area contributed by atoms with Crippen LogP contribution >= 0.6 is 11.6 Å². The zero-order chi connectivity index (χ0) is 26.7. The van der Waals surface area contributed by atoms with E-state index < -0.39 is 50.8 Å². The third kappa shape index (κ3) is 6.42. The predicted octanol–water partition coefficient (Wildman–Crippen LogP) is 3.56. The van der Waals surface area contributed by atoms with Crippen molar-refractivity contribution < 1.29 is 35.5 Å². The Hall–Kier alpha value is -2.97. The van der Waals surface area contributed by atoms with Crippen LogP contribution in [0.5, 0.6) is 0 Å². The number of alkyl halides is 3. The number of ether oxygens (including phenoxy) is 1. The van der Waals surface area contributed by atoms with E-state index in [0.717, 1.165) is 19.3 Å². The van der Waals surface area contributed by atoms with Crippen molar-refractivity contribution in [2.24, 2.45) is 0 Å². The summed E-state index contributed by atoms with van der Waals surface area (Å²) in [5, 5.41) is 10.1. The van der Waals surface area contributed by atoms with E-state index in [2.05, 4.69) is 15.3 Å². The molecule has 3 rings (SSSR count). The van der Waals surface area contributed by atoms with E-state index in [1.807, 2.05) is 18.7 Å². The van der Waals surface area contributed by atoms with Crippen LogP contribution in [0.15, 0.2) is 33.6 Å². The first kappa shape index (κ1) is 27.6. The lowest BCUT2D eigenvalue weighted by Crippen LogP contribution is -2.28. The van der Waals surface area contributed by atoms with Crippen molar-refractivity contribution in [1.82, 2.24) is 24.9 Å². The minimum atomic E-state index is -4.92. The fraction of sp³-hybridized carbons (Fsp3) is 0.429. The van der Waals surface area contributed by atoms with Crippen LogP contribution in [0.4, 0.5) is 13.2 Å². The highest BCUT2D eigenvalue weighted by Crippen LogP contribution is 2.39. The smallest absolute Gasteiger partial charge is 0.436 e. The van der Waals surface area contributed by atoms with Crippen molar-refractivity contribution in [3.63, 3.8) is 0 Å². The maximum Gasteiger partial charge on any atom is 0.436 e. The Morgan fingerprint density at radius 2 is 1.86 bits per heavy atom. The minimum Gasteiger partial charge on any atom is -0.463 e. The summed E-state index contributed by atoms with van der Waals surface area (Å²) in [4.78, 5) is 14.3. The van der Waals surface area contributed by atoms with Gasteiger partial charge in [0, 0.05) is 18.4 Å². The number of benzene rings is 1. The highest BCUT2D eigenvalue weighted by Gasteiger charge is 2.40. The van der Waals surface area contributed by atoms with E-state index >= 15 is 0 Å². The molecule has 0 aliphatic carbocycles. The summed E-state index contributed by atoms with van der Waals surface area (Å²) in [5.74, 6) is -1.45. The number of nitrogens with zero attached hydrogens (tertiary/aromatic N) is 5. The summed E-state index contributed by atoms with van der Waals surface area (Å²) in [6, 6.07) is 5.57. The molecule has 0 atom stereocenters. The Bertz CT molecular complexity index is 1340. The normalized spacial score (nSPS) is 12.3. The monoisotopic (exact) mass is 549 g/mol. The van der Waals surface area contributed by atoms with Crippen LogP contribution < -0.4 is 0 Å². The van der Waals surface area contributed by atoms with Crippen molar-refractivity contribution in [1.29, 1.82) is 0 Å². The highest BCUT2D eigenvalue weighted by atomic mass is 35.5. The molecule has 0 N–H and O–H groups in total. The number of carbonyl (C=O) groups excluding carboxylic acids is 1. The number of sulfone groups is 1. The summed E-state index contributed by atoms with van der Waals surface area (Å²) in [6.07, 6.45) is -3.90. The van der Waals surface area contributed by atoms with E-state index in [4.69, 9.17) is 20.8 Å². The molecule has 0 saturated heterocycles. The van der Waals surface area contributed by atoms with Crippen LogP contribution in [0.3, 0.4) is 0 Å². The van der Waals surface area contributed by atoms with Crippen LogP contribution in [0, 0.1) is 0 Å². The fourth-order valence-corrected chi connectivity index (χ4v) is 4.22. The van der Waals surface area contributed by atoms with Gasteiger partial charge in [0.05, 0.1) is 4.90 Å². The zero-order valence-electron chi connectivity index (χ0n) is 19.5. The Morgan fingerprint density at radius 1 is 1.19 bits per heavy atom. The van der Waals surface area contributed by atoms with Crippen molar-refractivity contribution in [2.75, 3.05) is 32.5 Å². The maximum atomic E-state index is 13.5. The molecule has 2 aromatic heterocycles. The van der Waals surface area contributed by atoms with Crippen LogP contribution in [0.1, 0.15) is 19.5 Å². The van der Waals surface area contributed by atoms with Gasteiger partial charge in [0.2, 0.25) is 5.89 Å². The largest absolute Gasteiger partial charge is 0.463 e. The molecule has 0 amide bonds. The number of hydrogen-bond donors (Lipinski definition) is 0. The molecule has 1 aromatic carbocycles. The Morgan fingerprint density at radius 3 is 2.47 bits per heavy atom. The van der Waals surface area contributed by atoms with Crippen molar-refractivity contribution in [3.05, 3.63) is 35.0 Å². The van der Waals surface area contributed by atoms with E-state index in [1.54, 1.807) is 0 Å². The summed E-state index contributed by atoms with van der Waals surface area (Å²) in [5.41, 5.74) is -1.65. The summed E-state index contributed by atoms with van der Waals surface area (Å²) in [7, 11) is -3.54. The SMILES string of the molecule is CCN(CC)CCOC(=O)Cn1nc(C(F)(F)F)c(Cl)c1-c1nnc(-c2cccc(S(C)(=O)=O)c2)o1. The Balaban J connectivity index is 1.93. The molecule has 0 unspecified atom stereocenters. The number of rotatable bonds is 10. The molecule has 0 saturated carbocycles. The van der Waals surface area contributed by atoms with E-state index in [0.29, 0.717) is 11.2 Å². The van der Waals surface area contributed by atoms with Gasteiger partial charge in [-0.2, -0.15) is 18.3 Å². The number of aromatic nitrogens is 4. The first-order valence-electron chi connectivity index (χ1n) is 10.7. The first-order valence-corrected chi connectivity index (χ1v) is 13.0. The number of esters is 1. The topological polar surface area (TPSA) is 120 Å². The molecule has 196 valence electrons. The number of hydrogen-bond acceptors (Lipinski definition) is 9. The zero-order valence-corrected chi connectivity index (χ0v) is 21.1. The predicted molar refractivity (Wildman–Crippen MR) is 123 cm³/mol. The lowest BCUT2D eigenvalue weighted by atomic mass is 10.2. The molecule has 0 aliphatic heterocycles. The van der Waals surface area contributed by atoms with Gasteiger partial charge in [0.25, 0.3) is 5.89 Å². The van der Waals surface area contributed by atoms with Crippen molar-refractivity contribution in [3.8, 4) is 23.0 Å². The van der Waals surface area contributed by atoms with Gasteiger partial charge >= 0.3 is 12.1 Å². The molecule has 10 nitrogen and oxygen atoms in total. The van der Waals surface area contributed by atoms with Crippen LogP contribution in [0.25, 0.3) is 23.0 Å². The van der Waals surface area contributed by atoms with Crippen molar-refractivity contribution >= 4 is 27.4 Å². The third-order valence-electron chi connectivity index (χ3n) is 5.14. The molecule has 0 spiro atoms. The van der Waals surface area contributed by atoms with Gasteiger partial charge in [0.15, 0.2) is 15.5 Å². The summed E-state index contributed by atoms with van der Waals surface area (Å²) in [6.45, 7) is 5.18. The maximum absolute atomic E-state index is 13.5. The van der Waals surface area contributed by atoms with Crippen molar-refractivity contribution in [2.45, 2.75) is 31.5 Å². The van der Waals surface area contributed by atoms with Gasteiger partial charge < -0.3 is 14.1 Å². The van der Waals surface area contributed by atoms with Gasteiger partial charge in [-0.25, -0.2) is 13.1 Å². The Kier molecular flexibility index (Phi) is 8.41. The van der Waals surface area contributed by atoms with Gasteiger partial charge in [-0.15, -0.1) is 10.2 Å². The second-order valence-electron chi connectivity index (χ2n) is 7.63. The van der Waals surface area contributed by atoms with E-state index in [1.165, 1.54) is 24.3 Å². The standard InChI is InChI=1S/C21H23ClF3N5O5S/c1-4-29(5-2)9-10-34-15(31)12-30-17(16(22)18(28-30)21(23,24)25)20-27-26-19(35-20)13-7-6-8-14(11-13)36(3,32)33/h6-8,11H,4-5,9-10,12H2,1-3H3. The molecule has 3 aromatic rings. The molecule has 2 heterocycles. The number of likely N-dealkylation sites (N-methyl/N-ethyl adjacent to an activating group) is 1. The van der Waals surface area contributed by atoms with Gasteiger partial charge in [-0.1, -0.05) is 31.5 Å². The summed E-state index contributed by atoms with van der Waals surface area (Å²) >= 11 is 5.99. The molecular formula is C21H23ClF3N5O5S. The molecule has 0 aliphatic rings. The van der Waals surface area contributed by atoms with Gasteiger partial charge in [-0.3, -0.25) is 4.79 Å². The molecule has 0 fully saturated rings. The van der Waals surface area contributed by atoms with Gasteiger partial charge in [0.1, 0.15) is 23.9 Å². The minimum absolute atomic E-state index is 0.0189. The quantitative estimate of drug-likeness (QED) is 0.349. The van der Waals surface area contributed by atoms with E-state index in [9.17, 15) is 26.4 Å². The second-order valence-corrected chi connectivity index (χ2v) is 10.0. The summed E-state index contributed by atoms with van der Waals surface area (Å²) < 4.78 is 75.4. The molecule has 15 heteroatoms. The average Bonchev–Trinajstić information content (AvgIpc) is 3.40.